The number of hydrogen-bond donors (Lipinski definition) is 2. The van der Waals surface area contributed by atoms with E-state index in [1.54, 1.807) is 44.3 Å². The van der Waals surface area contributed by atoms with Gasteiger partial charge in [-0.3, -0.25) is 9.59 Å². The van der Waals surface area contributed by atoms with Crippen LogP contribution in [0.4, 0.5) is 0 Å². The van der Waals surface area contributed by atoms with Crippen molar-refractivity contribution in [2.75, 3.05) is 0 Å². The molecule has 0 saturated heterocycles. The van der Waals surface area contributed by atoms with Gasteiger partial charge < -0.3 is 10.4 Å². The van der Waals surface area contributed by atoms with E-state index in [1.807, 2.05) is 0 Å². The largest absolute Gasteiger partial charge is 0.481 e. The van der Waals surface area contributed by atoms with Crippen LogP contribution >= 0.6 is 23.2 Å². The van der Waals surface area contributed by atoms with Crippen molar-refractivity contribution in [3.8, 4) is 5.69 Å². The Morgan fingerprint density at radius 1 is 1.25 bits per heavy atom. The summed E-state index contributed by atoms with van der Waals surface area (Å²) >= 11 is 11.9. The van der Waals surface area contributed by atoms with Gasteiger partial charge in [-0.2, -0.15) is 5.10 Å². The van der Waals surface area contributed by atoms with Gasteiger partial charge in [0.25, 0.3) is 5.91 Å². The maximum Gasteiger partial charge on any atom is 0.303 e. The number of rotatable bonds is 6. The number of hydrogen-bond acceptors (Lipinski definition) is 3. The van der Waals surface area contributed by atoms with Gasteiger partial charge in [0.1, 0.15) is 0 Å². The average Bonchev–Trinajstić information content (AvgIpc) is 2.98. The second-order valence-corrected chi connectivity index (χ2v) is 6.79. The minimum absolute atomic E-state index is 0.0228. The monoisotopic (exact) mass is 369 g/mol. The third kappa shape index (κ3) is 4.72. The fourth-order valence-electron chi connectivity index (χ4n) is 2.07. The smallest absolute Gasteiger partial charge is 0.303 e. The first kappa shape index (κ1) is 18.3. The summed E-state index contributed by atoms with van der Waals surface area (Å²) in [6.07, 6.45) is 1.94. The predicted octanol–water partition coefficient (Wildman–Crippen LogP) is 3.55. The first-order valence-electron chi connectivity index (χ1n) is 7.23. The normalized spacial score (nSPS) is 11.3. The van der Waals surface area contributed by atoms with Crippen LogP contribution < -0.4 is 5.32 Å². The molecule has 0 aliphatic carbocycles. The Labute approximate surface area is 149 Å². The lowest BCUT2D eigenvalue weighted by Gasteiger charge is -2.25. The molecule has 0 aliphatic heterocycles. The fraction of sp³-hybridized carbons (Fsp3) is 0.312. The maximum absolute atomic E-state index is 12.3. The summed E-state index contributed by atoms with van der Waals surface area (Å²) in [5.41, 5.74) is 0.251. The second kappa shape index (κ2) is 7.23. The Balaban J connectivity index is 2.10. The fourth-order valence-corrected chi connectivity index (χ4v) is 2.36. The summed E-state index contributed by atoms with van der Waals surface area (Å²) in [5.74, 6) is -1.27. The van der Waals surface area contributed by atoms with E-state index in [0.29, 0.717) is 22.2 Å². The van der Waals surface area contributed by atoms with Gasteiger partial charge in [0.2, 0.25) is 0 Å². The second-order valence-electron chi connectivity index (χ2n) is 5.98. The van der Waals surface area contributed by atoms with Crippen LogP contribution in [0, 0.1) is 0 Å². The van der Waals surface area contributed by atoms with Gasteiger partial charge >= 0.3 is 5.97 Å². The van der Waals surface area contributed by atoms with Crippen molar-refractivity contribution in [2.24, 2.45) is 0 Å². The van der Waals surface area contributed by atoms with Gasteiger partial charge in [-0.15, -0.1) is 0 Å². The van der Waals surface area contributed by atoms with Crippen LogP contribution in [-0.2, 0) is 4.79 Å². The van der Waals surface area contributed by atoms with Crippen molar-refractivity contribution in [3.05, 3.63) is 46.2 Å². The van der Waals surface area contributed by atoms with Gasteiger partial charge in [0, 0.05) is 18.2 Å². The summed E-state index contributed by atoms with van der Waals surface area (Å²) in [6, 6.07) is 6.61. The predicted molar refractivity (Wildman–Crippen MR) is 92.0 cm³/mol. The molecule has 0 saturated carbocycles. The van der Waals surface area contributed by atoms with Crippen molar-refractivity contribution in [1.29, 1.82) is 0 Å². The maximum atomic E-state index is 12.3. The highest BCUT2D eigenvalue weighted by Gasteiger charge is 2.23. The third-order valence-electron chi connectivity index (χ3n) is 3.41. The highest BCUT2D eigenvalue weighted by atomic mass is 35.5. The number of benzene rings is 1. The number of nitrogens with one attached hydrogen (secondary N) is 1. The number of carbonyl (C=O) groups excluding carboxylic acids is 1. The van der Waals surface area contributed by atoms with Crippen molar-refractivity contribution in [3.63, 3.8) is 0 Å². The molecule has 2 rings (SSSR count). The minimum atomic E-state index is -0.902. The lowest BCUT2D eigenvalue weighted by Crippen LogP contribution is -2.43. The Kier molecular flexibility index (Phi) is 5.51. The molecule has 1 amide bonds. The molecular weight excluding hydrogens is 353 g/mol. The number of amides is 1. The van der Waals surface area contributed by atoms with E-state index in [-0.39, 0.29) is 18.0 Å². The molecule has 6 nitrogen and oxygen atoms in total. The number of carboxylic acid groups (broad SMARTS) is 1. The quantitative estimate of drug-likeness (QED) is 0.815. The van der Waals surface area contributed by atoms with Crippen molar-refractivity contribution in [1.82, 2.24) is 15.1 Å². The molecule has 2 aromatic rings. The van der Waals surface area contributed by atoms with Crippen molar-refractivity contribution in [2.45, 2.75) is 32.2 Å². The van der Waals surface area contributed by atoms with Crippen LogP contribution in [0.25, 0.3) is 5.69 Å². The van der Waals surface area contributed by atoms with Crippen LogP contribution in [0.15, 0.2) is 30.5 Å². The van der Waals surface area contributed by atoms with Gasteiger partial charge in [-0.1, -0.05) is 23.2 Å². The van der Waals surface area contributed by atoms with E-state index in [9.17, 15) is 9.59 Å². The Bertz CT molecular complexity index is 772. The van der Waals surface area contributed by atoms with E-state index in [2.05, 4.69) is 10.4 Å². The van der Waals surface area contributed by atoms with Crippen LogP contribution in [0.1, 0.15) is 37.2 Å². The van der Waals surface area contributed by atoms with Crippen LogP contribution in [0.2, 0.25) is 10.0 Å². The first-order valence-corrected chi connectivity index (χ1v) is 7.99. The molecule has 1 aromatic carbocycles. The lowest BCUT2D eigenvalue weighted by atomic mass is 9.98. The third-order valence-corrected chi connectivity index (χ3v) is 4.14. The highest BCUT2D eigenvalue weighted by molar-refractivity contribution is 6.42. The molecule has 0 atom stereocenters. The average molecular weight is 370 g/mol. The van der Waals surface area contributed by atoms with Gasteiger partial charge in [0.05, 0.1) is 15.7 Å². The van der Waals surface area contributed by atoms with E-state index in [1.165, 1.54) is 4.68 Å². The van der Waals surface area contributed by atoms with Crippen molar-refractivity contribution >= 4 is 35.1 Å². The number of nitrogens with zero attached hydrogens (tertiary/aromatic N) is 2. The van der Waals surface area contributed by atoms with E-state index in [4.69, 9.17) is 28.3 Å². The molecule has 0 spiro atoms. The summed E-state index contributed by atoms with van der Waals surface area (Å²) in [5, 5.41) is 16.6. The summed E-state index contributed by atoms with van der Waals surface area (Å²) in [4.78, 5) is 23.0. The number of carboxylic acids is 1. The molecule has 0 fully saturated rings. The molecule has 1 heterocycles. The highest BCUT2D eigenvalue weighted by Crippen LogP contribution is 2.24. The zero-order chi connectivity index (χ0) is 17.9. The zero-order valence-corrected chi connectivity index (χ0v) is 14.7. The summed E-state index contributed by atoms with van der Waals surface area (Å²) in [6.45, 7) is 3.54. The van der Waals surface area contributed by atoms with Gasteiger partial charge in [-0.25, -0.2) is 4.68 Å². The molecule has 8 heteroatoms. The SMILES string of the molecule is CC(C)(CCC(=O)O)NC(=O)c1ccn(-c2ccc(Cl)c(Cl)c2)n1. The van der Waals surface area contributed by atoms with Crippen molar-refractivity contribution < 1.29 is 14.7 Å². The molecule has 1 aromatic heterocycles. The standard InChI is InChI=1S/C16H17Cl2N3O3/c1-16(2,7-5-14(22)23)19-15(24)13-6-8-21(20-13)10-3-4-11(17)12(18)9-10/h3-4,6,8-9H,5,7H2,1-2H3,(H,19,24)(H,22,23). The van der Waals surface area contributed by atoms with Gasteiger partial charge in [-0.05, 0) is 44.5 Å². The number of aromatic nitrogens is 2. The van der Waals surface area contributed by atoms with Gasteiger partial charge in [0.15, 0.2) is 5.69 Å². The Morgan fingerprint density at radius 3 is 2.58 bits per heavy atom. The Morgan fingerprint density at radius 2 is 1.96 bits per heavy atom. The number of aliphatic carboxylic acids is 1. The van der Waals surface area contributed by atoms with Crippen LogP contribution in [0.5, 0.6) is 0 Å². The van der Waals surface area contributed by atoms with E-state index < -0.39 is 11.5 Å². The lowest BCUT2D eigenvalue weighted by molar-refractivity contribution is -0.137. The molecule has 0 radical (unpaired) electrons. The minimum Gasteiger partial charge on any atom is -0.481 e. The Hall–Kier alpha value is -2.05. The van der Waals surface area contributed by atoms with E-state index in [0.717, 1.165) is 0 Å². The van der Waals surface area contributed by atoms with E-state index >= 15 is 0 Å². The molecule has 0 bridgehead atoms. The summed E-state index contributed by atoms with van der Waals surface area (Å²) < 4.78 is 1.52. The molecule has 0 aliphatic rings. The number of carbonyl (C=O) groups is 2. The van der Waals surface area contributed by atoms with Crippen LogP contribution in [-0.4, -0.2) is 32.3 Å². The molecule has 2 N–H and O–H groups in total. The summed E-state index contributed by atoms with van der Waals surface area (Å²) in [7, 11) is 0. The number of halogens is 2. The molecule has 128 valence electrons. The molecular formula is C16H17Cl2N3O3. The molecule has 0 unspecified atom stereocenters. The zero-order valence-electron chi connectivity index (χ0n) is 13.2. The topological polar surface area (TPSA) is 84.2 Å². The van der Waals surface area contributed by atoms with Crippen LogP contribution in [0.3, 0.4) is 0 Å². The first-order chi connectivity index (χ1) is 11.2. The molecule has 24 heavy (non-hydrogen) atoms.